The van der Waals surface area contributed by atoms with Crippen molar-refractivity contribution in [3.63, 3.8) is 0 Å². The van der Waals surface area contributed by atoms with Gasteiger partial charge in [0.2, 0.25) is 0 Å². The van der Waals surface area contributed by atoms with Crippen LogP contribution in [-0.2, 0) is 6.54 Å². The SMILES string of the molecule is Cc1ccc(NC(=O)N2CCCCC2)cc1C1CCN(Cc2ccc(Oc3cc(F)c(F)cc3F)cc2)CC1. The highest BCUT2D eigenvalue weighted by molar-refractivity contribution is 5.89. The third-order valence-electron chi connectivity index (χ3n) is 7.73. The molecule has 0 atom stereocenters. The van der Waals surface area contributed by atoms with Crippen LogP contribution in [0.2, 0.25) is 0 Å². The fraction of sp³-hybridized carbons (Fsp3) is 0.387. The molecule has 206 valence electrons. The van der Waals surface area contributed by atoms with Crippen LogP contribution in [0.4, 0.5) is 23.7 Å². The smallest absolute Gasteiger partial charge is 0.321 e. The second-order valence-electron chi connectivity index (χ2n) is 10.5. The van der Waals surface area contributed by atoms with Crippen molar-refractivity contribution in [2.45, 2.75) is 51.5 Å². The second kappa shape index (κ2) is 12.1. The highest BCUT2D eigenvalue weighted by atomic mass is 19.2. The summed E-state index contributed by atoms with van der Waals surface area (Å²) in [5.74, 6) is -2.92. The van der Waals surface area contributed by atoms with Crippen LogP contribution in [-0.4, -0.2) is 42.0 Å². The lowest BCUT2D eigenvalue weighted by atomic mass is 9.86. The topological polar surface area (TPSA) is 44.8 Å². The van der Waals surface area contributed by atoms with E-state index in [1.165, 1.54) is 17.5 Å². The number of anilines is 1. The van der Waals surface area contributed by atoms with Crippen molar-refractivity contribution < 1.29 is 22.7 Å². The molecular formula is C31H34F3N3O2. The largest absolute Gasteiger partial charge is 0.454 e. The number of rotatable bonds is 6. The first-order valence-corrected chi connectivity index (χ1v) is 13.7. The van der Waals surface area contributed by atoms with E-state index in [4.69, 9.17) is 4.74 Å². The van der Waals surface area contributed by atoms with Gasteiger partial charge in [-0.15, -0.1) is 0 Å². The van der Waals surface area contributed by atoms with Crippen LogP contribution < -0.4 is 10.1 Å². The van der Waals surface area contributed by atoms with Crippen LogP contribution in [0.5, 0.6) is 11.5 Å². The summed E-state index contributed by atoms with van der Waals surface area (Å²) in [5, 5.41) is 3.10. The summed E-state index contributed by atoms with van der Waals surface area (Å²) in [7, 11) is 0. The van der Waals surface area contributed by atoms with Gasteiger partial charge >= 0.3 is 6.03 Å². The summed E-state index contributed by atoms with van der Waals surface area (Å²) < 4.78 is 45.9. The molecule has 0 bridgehead atoms. The van der Waals surface area contributed by atoms with Crippen molar-refractivity contribution in [2.24, 2.45) is 0 Å². The van der Waals surface area contributed by atoms with Crippen molar-refractivity contribution in [3.05, 3.63) is 88.7 Å². The molecule has 5 nitrogen and oxygen atoms in total. The lowest BCUT2D eigenvalue weighted by Crippen LogP contribution is -2.38. The maximum absolute atomic E-state index is 13.9. The minimum absolute atomic E-state index is 0.00861. The minimum atomic E-state index is -1.25. The Morgan fingerprint density at radius 1 is 0.872 bits per heavy atom. The Morgan fingerprint density at radius 2 is 1.56 bits per heavy atom. The lowest BCUT2D eigenvalue weighted by Gasteiger charge is -2.33. The molecule has 0 aromatic heterocycles. The van der Waals surface area contributed by atoms with Crippen LogP contribution in [0.25, 0.3) is 0 Å². The van der Waals surface area contributed by atoms with Gasteiger partial charge in [-0.2, -0.15) is 0 Å². The summed E-state index contributed by atoms with van der Waals surface area (Å²) in [4.78, 5) is 17.0. The van der Waals surface area contributed by atoms with Gasteiger partial charge in [0.1, 0.15) is 5.75 Å². The number of halogens is 3. The van der Waals surface area contributed by atoms with Crippen molar-refractivity contribution in [3.8, 4) is 11.5 Å². The van der Waals surface area contributed by atoms with Gasteiger partial charge < -0.3 is 15.0 Å². The molecule has 2 heterocycles. The molecule has 2 fully saturated rings. The third-order valence-corrected chi connectivity index (χ3v) is 7.73. The van der Waals surface area contributed by atoms with Crippen LogP contribution in [0, 0.1) is 24.4 Å². The number of carbonyl (C=O) groups is 1. The Hall–Kier alpha value is -3.52. The number of benzene rings is 3. The van der Waals surface area contributed by atoms with E-state index in [9.17, 15) is 18.0 Å². The van der Waals surface area contributed by atoms with Gasteiger partial charge in [0.05, 0.1) is 0 Å². The Kier molecular flexibility index (Phi) is 8.41. The first-order valence-electron chi connectivity index (χ1n) is 13.7. The van der Waals surface area contributed by atoms with Crippen molar-refractivity contribution in [2.75, 3.05) is 31.5 Å². The standard InChI is InChI=1S/C31H34F3N3O2/c1-21-5-8-24(35-31(38)37-13-3-2-4-14-37)17-26(21)23-11-15-36(16-12-23)20-22-6-9-25(10-7-22)39-30-19-28(33)27(32)18-29(30)34/h5-10,17-19,23H,2-4,11-16,20H2,1H3,(H,35,38). The Morgan fingerprint density at radius 3 is 2.28 bits per heavy atom. The van der Waals surface area contributed by atoms with E-state index in [1.807, 2.05) is 23.1 Å². The van der Waals surface area contributed by atoms with Crippen molar-refractivity contribution in [1.82, 2.24) is 9.80 Å². The van der Waals surface area contributed by atoms with Crippen LogP contribution in [0.1, 0.15) is 54.7 Å². The van der Waals surface area contributed by atoms with Gasteiger partial charge in [0.15, 0.2) is 23.2 Å². The molecule has 0 saturated carbocycles. The number of nitrogens with zero attached hydrogens (tertiary/aromatic N) is 2. The van der Waals surface area contributed by atoms with E-state index in [-0.39, 0.29) is 11.8 Å². The first kappa shape index (κ1) is 27.1. The summed E-state index contributed by atoms with van der Waals surface area (Å²) in [5.41, 5.74) is 4.50. The maximum Gasteiger partial charge on any atom is 0.321 e. The number of carbonyl (C=O) groups excluding carboxylic acids is 1. The van der Waals surface area contributed by atoms with E-state index in [0.29, 0.717) is 23.8 Å². The predicted octanol–water partition coefficient (Wildman–Crippen LogP) is 7.60. The van der Waals surface area contributed by atoms with Crippen LogP contribution in [0.15, 0.2) is 54.6 Å². The fourth-order valence-corrected chi connectivity index (χ4v) is 5.49. The molecule has 3 aromatic carbocycles. The van der Waals surface area contributed by atoms with Gasteiger partial charge in [-0.05, 0) is 99.0 Å². The molecule has 0 aliphatic carbocycles. The number of urea groups is 1. The molecule has 2 saturated heterocycles. The van der Waals surface area contributed by atoms with Gasteiger partial charge in [-0.3, -0.25) is 4.90 Å². The highest BCUT2D eigenvalue weighted by Gasteiger charge is 2.23. The average Bonchev–Trinajstić information content (AvgIpc) is 2.95. The van der Waals surface area contributed by atoms with Gasteiger partial charge in [-0.25, -0.2) is 18.0 Å². The molecule has 0 unspecified atom stereocenters. The highest BCUT2D eigenvalue weighted by Crippen LogP contribution is 2.33. The molecule has 2 amide bonds. The zero-order valence-corrected chi connectivity index (χ0v) is 22.2. The Labute approximate surface area is 227 Å². The van der Waals surface area contributed by atoms with Gasteiger partial charge in [0.25, 0.3) is 0 Å². The zero-order chi connectivity index (χ0) is 27.4. The van der Waals surface area contributed by atoms with Gasteiger partial charge in [0, 0.05) is 37.5 Å². The zero-order valence-electron chi connectivity index (χ0n) is 22.2. The van der Waals surface area contributed by atoms with Crippen molar-refractivity contribution >= 4 is 11.7 Å². The quantitative estimate of drug-likeness (QED) is 0.329. The van der Waals surface area contributed by atoms with E-state index in [1.54, 1.807) is 12.1 Å². The molecule has 0 radical (unpaired) electrons. The number of hydrogen-bond donors (Lipinski definition) is 1. The van der Waals surface area contributed by atoms with E-state index in [2.05, 4.69) is 29.3 Å². The minimum Gasteiger partial charge on any atom is -0.454 e. The molecule has 2 aliphatic heterocycles. The second-order valence-corrected chi connectivity index (χ2v) is 10.5. The van der Waals surface area contributed by atoms with Crippen LogP contribution in [0.3, 0.4) is 0 Å². The summed E-state index contributed by atoms with van der Waals surface area (Å²) in [6, 6.07) is 14.6. The number of ether oxygens (including phenoxy) is 1. The van der Waals surface area contributed by atoms with E-state index >= 15 is 0 Å². The molecule has 1 N–H and O–H groups in total. The monoisotopic (exact) mass is 537 g/mol. The van der Waals surface area contributed by atoms with Crippen molar-refractivity contribution in [1.29, 1.82) is 0 Å². The number of nitrogens with one attached hydrogen (secondary N) is 1. The molecule has 5 rings (SSSR count). The molecule has 39 heavy (non-hydrogen) atoms. The molecule has 8 heteroatoms. The third kappa shape index (κ3) is 6.74. The number of hydrogen-bond acceptors (Lipinski definition) is 3. The maximum atomic E-state index is 13.9. The molecule has 3 aromatic rings. The van der Waals surface area contributed by atoms with Crippen LogP contribution >= 0.6 is 0 Å². The summed E-state index contributed by atoms with van der Waals surface area (Å²) in [6.07, 6.45) is 5.39. The molecular weight excluding hydrogens is 503 g/mol. The lowest BCUT2D eigenvalue weighted by molar-refractivity contribution is 0.200. The molecule has 2 aliphatic rings. The fourth-order valence-electron chi connectivity index (χ4n) is 5.49. The number of amides is 2. The summed E-state index contributed by atoms with van der Waals surface area (Å²) >= 11 is 0. The average molecular weight is 538 g/mol. The normalized spacial score (nSPS) is 16.8. The molecule has 0 spiro atoms. The Balaban J connectivity index is 1.14. The number of likely N-dealkylation sites (tertiary alicyclic amines) is 2. The number of piperidine rings is 2. The first-order chi connectivity index (χ1) is 18.9. The Bertz CT molecular complexity index is 1300. The van der Waals surface area contributed by atoms with E-state index in [0.717, 1.165) is 69.7 Å². The summed E-state index contributed by atoms with van der Waals surface area (Å²) in [6.45, 7) is 6.46. The van der Waals surface area contributed by atoms with E-state index < -0.39 is 17.5 Å². The number of aryl methyl sites for hydroxylation is 1. The van der Waals surface area contributed by atoms with Gasteiger partial charge in [-0.1, -0.05) is 18.2 Å². The predicted molar refractivity (Wildman–Crippen MR) is 146 cm³/mol.